The van der Waals surface area contributed by atoms with Gasteiger partial charge in [0, 0.05) is 0 Å². The van der Waals surface area contributed by atoms with Gasteiger partial charge >= 0.3 is 5.69 Å². The minimum Gasteiger partial charge on any atom is -0.396 e. The molecule has 0 aliphatic rings. The first-order valence-electron chi connectivity index (χ1n) is 11.1. The molecule has 6 N–H and O–H groups in total. The van der Waals surface area contributed by atoms with Crippen LogP contribution >= 0.6 is 0 Å². The normalized spacial score (nSPS) is 10.4. The monoisotopic (exact) mass is 522 g/mol. The molecular weight excluding hydrogens is 496 g/mol. The van der Waals surface area contributed by atoms with Crippen molar-refractivity contribution in [2.45, 2.75) is 26.7 Å². The molecule has 0 fully saturated rings. The van der Waals surface area contributed by atoms with Gasteiger partial charge in [-0.3, -0.25) is 19.7 Å². The second kappa shape index (κ2) is 13.3. The number of hydrogen-bond acceptors (Lipinski definition) is 11. The number of rotatable bonds is 9. The van der Waals surface area contributed by atoms with Gasteiger partial charge < -0.3 is 26.7 Å². The Bertz CT molecular complexity index is 1480. The summed E-state index contributed by atoms with van der Waals surface area (Å²) in [6.07, 6.45) is 2.27. The summed E-state index contributed by atoms with van der Waals surface area (Å²) in [5, 5.41) is 18.1. The van der Waals surface area contributed by atoms with E-state index in [-0.39, 0.29) is 24.8 Å². The number of benzene rings is 2. The van der Waals surface area contributed by atoms with Crippen LogP contribution in [0, 0.1) is 10.1 Å². The summed E-state index contributed by atoms with van der Waals surface area (Å²) in [4.78, 5) is 33.2. The Morgan fingerprint density at radius 2 is 1.18 bits per heavy atom. The Hall–Kier alpha value is -5.08. The molecule has 198 valence electrons. The van der Waals surface area contributed by atoms with Gasteiger partial charge in [-0.05, 0) is 11.1 Å². The predicted octanol–water partition coefficient (Wildman–Crippen LogP) is 1.49. The van der Waals surface area contributed by atoms with Gasteiger partial charge in [0.25, 0.3) is 11.1 Å². The molecule has 0 saturated heterocycles. The fourth-order valence-electron chi connectivity index (χ4n) is 2.99. The van der Waals surface area contributed by atoms with E-state index in [4.69, 9.17) is 26.7 Å². The zero-order chi connectivity index (χ0) is 27.5. The van der Waals surface area contributed by atoms with Crippen molar-refractivity contribution in [1.82, 2.24) is 19.6 Å². The number of nitrogens with two attached hydrogens (primary N) is 3. The molecule has 4 aromatic rings. The third kappa shape index (κ3) is 7.46. The molecule has 0 amide bonds. The van der Waals surface area contributed by atoms with Crippen molar-refractivity contribution in [3.05, 3.63) is 115 Å². The standard InChI is InChI=1S/C12H12N4O4.C12H14N4O2/c13-11-10(16(18)19)6-14-15(12(11)17)8-20-7-9-4-2-1-3-5-9;13-10-6-15-16(12(17)11(10)14)8-18-7-9-4-2-1-3-5-9/h1-6H,7-8,13H2;1-6H,7-8,13-14H2. The van der Waals surface area contributed by atoms with Crippen LogP contribution in [0.3, 0.4) is 0 Å². The molecule has 0 saturated carbocycles. The van der Waals surface area contributed by atoms with Crippen LogP contribution in [-0.2, 0) is 36.1 Å². The topological polar surface area (TPSA) is 209 Å². The summed E-state index contributed by atoms with van der Waals surface area (Å²) in [5.41, 5.74) is 16.4. The molecule has 0 radical (unpaired) electrons. The molecule has 14 nitrogen and oxygen atoms in total. The number of anilines is 3. The lowest BCUT2D eigenvalue weighted by Crippen LogP contribution is -2.27. The van der Waals surface area contributed by atoms with Crippen LogP contribution in [-0.4, -0.2) is 24.5 Å². The van der Waals surface area contributed by atoms with Crippen LogP contribution in [0.25, 0.3) is 0 Å². The Balaban J connectivity index is 0.000000212. The average molecular weight is 523 g/mol. The van der Waals surface area contributed by atoms with Crippen molar-refractivity contribution in [2.75, 3.05) is 17.2 Å². The maximum atomic E-state index is 11.7. The van der Waals surface area contributed by atoms with Gasteiger partial charge in [0.15, 0.2) is 5.69 Å². The van der Waals surface area contributed by atoms with Crippen molar-refractivity contribution >= 4 is 22.7 Å². The minimum absolute atomic E-state index is 0.00619. The van der Waals surface area contributed by atoms with Gasteiger partial charge in [0.05, 0.1) is 30.0 Å². The fraction of sp³-hybridized carbons (Fsp3) is 0.167. The molecule has 0 atom stereocenters. The highest BCUT2D eigenvalue weighted by atomic mass is 16.6. The maximum Gasteiger partial charge on any atom is 0.317 e. The Morgan fingerprint density at radius 1 is 0.737 bits per heavy atom. The lowest BCUT2D eigenvalue weighted by Gasteiger charge is -2.07. The maximum absolute atomic E-state index is 11.7. The third-order valence-corrected chi connectivity index (χ3v) is 5.02. The van der Waals surface area contributed by atoms with Crippen molar-refractivity contribution < 1.29 is 14.4 Å². The van der Waals surface area contributed by atoms with Crippen molar-refractivity contribution in [2.24, 2.45) is 0 Å². The Morgan fingerprint density at radius 3 is 1.66 bits per heavy atom. The predicted molar refractivity (Wildman–Crippen MR) is 139 cm³/mol. The molecule has 38 heavy (non-hydrogen) atoms. The molecule has 0 spiro atoms. The lowest BCUT2D eigenvalue weighted by atomic mass is 10.2. The molecule has 2 aromatic heterocycles. The van der Waals surface area contributed by atoms with E-state index in [1.807, 2.05) is 60.7 Å². The average Bonchev–Trinajstić information content (AvgIpc) is 2.92. The molecule has 14 heteroatoms. The number of nitrogens with zero attached hydrogens (tertiary/aromatic N) is 5. The molecular formula is C24H26N8O6. The molecule has 0 aliphatic heterocycles. The number of aromatic nitrogens is 4. The number of ether oxygens (including phenoxy) is 2. The van der Waals surface area contributed by atoms with E-state index in [2.05, 4.69) is 10.2 Å². The Kier molecular flexibility index (Phi) is 9.62. The summed E-state index contributed by atoms with van der Waals surface area (Å²) in [5.74, 6) is 0. The summed E-state index contributed by atoms with van der Waals surface area (Å²) in [6.45, 7) is 0.610. The second-order valence-corrected chi connectivity index (χ2v) is 7.75. The number of nitrogen functional groups attached to an aromatic ring is 3. The SMILES string of the molecule is Nc1c([N+](=O)[O-])cnn(COCc2ccccc2)c1=O.Nc1cnn(COCc2ccccc2)c(=O)c1N. The van der Waals surface area contributed by atoms with Crippen LogP contribution in [0.4, 0.5) is 22.7 Å². The highest BCUT2D eigenvalue weighted by Gasteiger charge is 2.17. The lowest BCUT2D eigenvalue weighted by molar-refractivity contribution is -0.384. The Labute approximate surface area is 216 Å². The zero-order valence-corrected chi connectivity index (χ0v) is 20.2. The van der Waals surface area contributed by atoms with Gasteiger partial charge in [-0.1, -0.05) is 60.7 Å². The van der Waals surface area contributed by atoms with E-state index in [1.165, 1.54) is 6.20 Å². The van der Waals surface area contributed by atoms with Crippen LogP contribution in [0.15, 0.2) is 82.6 Å². The van der Waals surface area contributed by atoms with Gasteiger partial charge in [-0.2, -0.15) is 10.2 Å². The van der Waals surface area contributed by atoms with Crippen LogP contribution < -0.4 is 28.3 Å². The largest absolute Gasteiger partial charge is 0.396 e. The van der Waals surface area contributed by atoms with E-state index in [9.17, 15) is 19.7 Å². The summed E-state index contributed by atoms with van der Waals surface area (Å²) >= 11 is 0. The molecule has 4 rings (SSSR count). The second-order valence-electron chi connectivity index (χ2n) is 7.75. The van der Waals surface area contributed by atoms with Crippen LogP contribution in [0.5, 0.6) is 0 Å². The molecule has 0 bridgehead atoms. The summed E-state index contributed by atoms with van der Waals surface area (Å²) in [6, 6.07) is 19.0. The van der Waals surface area contributed by atoms with E-state index in [0.29, 0.717) is 13.2 Å². The molecule has 2 aromatic carbocycles. The van der Waals surface area contributed by atoms with Gasteiger partial charge in [0.1, 0.15) is 25.3 Å². The van der Waals surface area contributed by atoms with Gasteiger partial charge in [-0.25, -0.2) is 9.36 Å². The highest BCUT2D eigenvalue weighted by Crippen LogP contribution is 2.13. The quantitative estimate of drug-likeness (QED) is 0.212. The van der Waals surface area contributed by atoms with Crippen molar-refractivity contribution in [3.8, 4) is 0 Å². The van der Waals surface area contributed by atoms with Crippen LogP contribution in [0.2, 0.25) is 0 Å². The zero-order valence-electron chi connectivity index (χ0n) is 20.2. The first-order chi connectivity index (χ1) is 18.3. The summed E-state index contributed by atoms with van der Waals surface area (Å²) < 4.78 is 12.8. The third-order valence-electron chi connectivity index (χ3n) is 5.02. The molecule has 0 aliphatic carbocycles. The van der Waals surface area contributed by atoms with E-state index in [1.54, 1.807) is 0 Å². The minimum atomic E-state index is -0.751. The van der Waals surface area contributed by atoms with Gasteiger partial charge in [0.2, 0.25) is 0 Å². The van der Waals surface area contributed by atoms with Crippen molar-refractivity contribution in [3.63, 3.8) is 0 Å². The number of nitro groups is 1. The first kappa shape index (κ1) is 27.5. The molecule has 0 unspecified atom stereocenters. The molecule has 2 heterocycles. The smallest absolute Gasteiger partial charge is 0.317 e. The van der Waals surface area contributed by atoms with E-state index in [0.717, 1.165) is 26.7 Å². The number of hydrogen-bond donors (Lipinski definition) is 3. The fourth-order valence-corrected chi connectivity index (χ4v) is 2.99. The highest BCUT2D eigenvalue weighted by molar-refractivity contribution is 5.59. The van der Waals surface area contributed by atoms with E-state index < -0.39 is 27.4 Å². The summed E-state index contributed by atoms with van der Waals surface area (Å²) in [7, 11) is 0. The van der Waals surface area contributed by atoms with Gasteiger partial charge in [-0.15, -0.1) is 0 Å². The van der Waals surface area contributed by atoms with E-state index >= 15 is 0 Å². The van der Waals surface area contributed by atoms with Crippen LogP contribution in [0.1, 0.15) is 11.1 Å². The van der Waals surface area contributed by atoms with Crippen molar-refractivity contribution in [1.29, 1.82) is 0 Å². The first-order valence-corrected chi connectivity index (χ1v) is 11.1.